The maximum atomic E-state index is 5.97. The van der Waals surface area contributed by atoms with Gasteiger partial charge in [-0.2, -0.15) is 0 Å². The molecule has 0 atom stereocenters. The molecule has 1 aromatic heterocycles. The number of nitrogens with one attached hydrogen (secondary N) is 1. The van der Waals surface area contributed by atoms with E-state index in [1.807, 2.05) is 36.4 Å². The lowest BCUT2D eigenvalue weighted by atomic mass is 10.1. The molecule has 0 saturated heterocycles. The number of rotatable bonds is 9. The molecule has 0 spiro atoms. The molecule has 0 amide bonds. The third kappa shape index (κ3) is 6.69. The van der Waals surface area contributed by atoms with Gasteiger partial charge in [0.15, 0.2) is 11.8 Å². The van der Waals surface area contributed by atoms with E-state index in [0.29, 0.717) is 12.4 Å². The van der Waals surface area contributed by atoms with Crippen molar-refractivity contribution in [2.75, 3.05) is 18.4 Å². The molecule has 0 aliphatic carbocycles. The van der Waals surface area contributed by atoms with Gasteiger partial charge in [-0.25, -0.2) is 9.97 Å². The average Bonchev–Trinajstić information content (AvgIpc) is 2.73. The van der Waals surface area contributed by atoms with Gasteiger partial charge in [-0.1, -0.05) is 29.8 Å². The predicted octanol–water partition coefficient (Wildman–Crippen LogP) is 4.93. The first-order valence-electron chi connectivity index (χ1n) is 10.4. The summed E-state index contributed by atoms with van der Waals surface area (Å²) < 4.78 is 0. The van der Waals surface area contributed by atoms with Crippen molar-refractivity contribution in [1.29, 1.82) is 0 Å². The van der Waals surface area contributed by atoms with Crippen molar-refractivity contribution in [3.63, 3.8) is 0 Å². The van der Waals surface area contributed by atoms with Crippen molar-refractivity contribution in [1.82, 2.24) is 9.97 Å². The molecule has 3 rings (SSSR count). The fraction of sp³-hybridized carbons (Fsp3) is 0.292. The smallest absolute Gasteiger partial charge is 0.185 e. The molecule has 0 fully saturated rings. The first-order valence-corrected chi connectivity index (χ1v) is 10.8. The van der Waals surface area contributed by atoms with E-state index in [1.54, 1.807) is 0 Å². The number of anilines is 1. The number of guanidine groups is 1. The summed E-state index contributed by atoms with van der Waals surface area (Å²) in [6.45, 7) is 5.69. The van der Waals surface area contributed by atoms with Crippen LogP contribution in [0.15, 0.2) is 41.4 Å². The summed E-state index contributed by atoms with van der Waals surface area (Å²) in [6.07, 6.45) is 6.92. The predicted molar refractivity (Wildman–Crippen MR) is 132 cm³/mol. The standard InChI is InChI=1S/C24H29ClN6/c1-16-14-20-21(15-17(16)2)30-22(11-8-18-6-9-19(25)10-7-18)31-23(20)28-12-4-3-5-13-29-24(26)27/h6-11,14-15H,3-5,12-13H2,1-2H3,(H4,26,27,29)(H,28,30,31)/b11-8+. The number of fused-ring (bicyclic) bond motifs is 1. The van der Waals surface area contributed by atoms with Crippen molar-refractivity contribution >= 4 is 46.4 Å². The third-order valence-electron chi connectivity index (χ3n) is 5.05. The van der Waals surface area contributed by atoms with Gasteiger partial charge in [0.1, 0.15) is 5.82 Å². The van der Waals surface area contributed by atoms with E-state index in [9.17, 15) is 0 Å². The maximum absolute atomic E-state index is 5.97. The second-order valence-electron chi connectivity index (χ2n) is 7.56. The summed E-state index contributed by atoms with van der Waals surface area (Å²) in [7, 11) is 0. The number of halogens is 1. The van der Waals surface area contributed by atoms with Gasteiger partial charge in [-0.05, 0) is 80.1 Å². The first-order chi connectivity index (χ1) is 14.9. The van der Waals surface area contributed by atoms with Gasteiger partial charge in [-0.15, -0.1) is 0 Å². The van der Waals surface area contributed by atoms with Crippen molar-refractivity contribution in [2.24, 2.45) is 16.5 Å². The van der Waals surface area contributed by atoms with Crippen LogP contribution in [0, 0.1) is 13.8 Å². The second kappa shape index (κ2) is 10.8. The van der Waals surface area contributed by atoms with Crippen molar-refractivity contribution in [2.45, 2.75) is 33.1 Å². The summed E-state index contributed by atoms with van der Waals surface area (Å²) in [4.78, 5) is 13.5. The average molecular weight is 437 g/mol. The lowest BCUT2D eigenvalue weighted by Crippen LogP contribution is -2.22. The molecule has 0 bridgehead atoms. The van der Waals surface area contributed by atoms with E-state index in [1.165, 1.54) is 11.1 Å². The summed E-state index contributed by atoms with van der Waals surface area (Å²) >= 11 is 5.97. The quantitative estimate of drug-likeness (QED) is 0.251. The Labute approximate surface area is 188 Å². The van der Waals surface area contributed by atoms with E-state index < -0.39 is 0 Å². The Morgan fingerprint density at radius 3 is 2.48 bits per heavy atom. The molecule has 0 aliphatic heterocycles. The van der Waals surface area contributed by atoms with Gasteiger partial charge in [-0.3, -0.25) is 4.99 Å². The molecule has 162 valence electrons. The van der Waals surface area contributed by atoms with Crippen LogP contribution in [-0.2, 0) is 0 Å². The molecule has 5 N–H and O–H groups in total. The van der Waals surface area contributed by atoms with Crippen molar-refractivity contribution < 1.29 is 0 Å². The number of aromatic nitrogens is 2. The molecule has 3 aromatic rings. The minimum Gasteiger partial charge on any atom is -0.370 e. The molecule has 0 unspecified atom stereocenters. The van der Waals surface area contributed by atoms with Gasteiger partial charge < -0.3 is 16.8 Å². The highest BCUT2D eigenvalue weighted by Crippen LogP contribution is 2.25. The minimum atomic E-state index is 0.149. The van der Waals surface area contributed by atoms with E-state index in [-0.39, 0.29) is 5.96 Å². The van der Waals surface area contributed by atoms with E-state index >= 15 is 0 Å². The summed E-state index contributed by atoms with van der Waals surface area (Å²) in [5.41, 5.74) is 15.1. The number of nitrogens with two attached hydrogens (primary N) is 2. The molecule has 6 nitrogen and oxygen atoms in total. The van der Waals surface area contributed by atoms with Crippen molar-refractivity contribution in [3.05, 3.63) is 63.9 Å². The molecule has 7 heteroatoms. The molecule has 0 radical (unpaired) electrons. The van der Waals surface area contributed by atoms with Crippen LogP contribution in [0.2, 0.25) is 5.02 Å². The highest BCUT2D eigenvalue weighted by atomic mass is 35.5. The van der Waals surface area contributed by atoms with Crippen LogP contribution in [0.25, 0.3) is 23.1 Å². The number of aryl methyl sites for hydroxylation is 2. The lowest BCUT2D eigenvalue weighted by Gasteiger charge is -2.11. The van der Waals surface area contributed by atoms with Crippen LogP contribution < -0.4 is 16.8 Å². The van der Waals surface area contributed by atoms with Gasteiger partial charge in [0.25, 0.3) is 0 Å². The van der Waals surface area contributed by atoms with E-state index in [0.717, 1.165) is 53.1 Å². The van der Waals surface area contributed by atoms with E-state index in [2.05, 4.69) is 36.3 Å². The Morgan fingerprint density at radius 1 is 1.00 bits per heavy atom. The topological polar surface area (TPSA) is 102 Å². The highest BCUT2D eigenvalue weighted by molar-refractivity contribution is 6.30. The Hall–Kier alpha value is -3.12. The zero-order valence-electron chi connectivity index (χ0n) is 18.0. The fourth-order valence-electron chi connectivity index (χ4n) is 3.19. The molecular weight excluding hydrogens is 408 g/mol. The molecular formula is C24H29ClN6. The fourth-order valence-corrected chi connectivity index (χ4v) is 3.31. The van der Waals surface area contributed by atoms with Crippen LogP contribution in [0.4, 0.5) is 5.82 Å². The number of hydrogen-bond acceptors (Lipinski definition) is 4. The number of unbranched alkanes of at least 4 members (excludes halogenated alkanes) is 2. The Kier molecular flexibility index (Phi) is 7.84. The van der Waals surface area contributed by atoms with Gasteiger partial charge in [0.2, 0.25) is 0 Å². The maximum Gasteiger partial charge on any atom is 0.185 e. The van der Waals surface area contributed by atoms with Gasteiger partial charge >= 0.3 is 0 Å². The van der Waals surface area contributed by atoms with Crippen molar-refractivity contribution in [3.8, 4) is 0 Å². The molecule has 0 saturated carbocycles. The number of benzene rings is 2. The summed E-state index contributed by atoms with van der Waals surface area (Å²) in [5, 5.41) is 5.24. The van der Waals surface area contributed by atoms with Crippen LogP contribution in [0.1, 0.15) is 41.8 Å². The lowest BCUT2D eigenvalue weighted by molar-refractivity contribution is 0.706. The third-order valence-corrected chi connectivity index (χ3v) is 5.30. The Bertz CT molecular complexity index is 1090. The van der Waals surface area contributed by atoms with Crippen LogP contribution in [-0.4, -0.2) is 29.0 Å². The SMILES string of the molecule is Cc1cc2nc(/C=C/c3ccc(Cl)cc3)nc(NCCCCCN=C(N)N)c2cc1C. The van der Waals surface area contributed by atoms with Gasteiger partial charge in [0, 0.05) is 23.5 Å². The van der Waals surface area contributed by atoms with Crippen LogP contribution >= 0.6 is 11.6 Å². The molecule has 1 heterocycles. The molecule has 0 aliphatic rings. The zero-order chi connectivity index (χ0) is 22.2. The highest BCUT2D eigenvalue weighted by Gasteiger charge is 2.08. The molecule has 2 aromatic carbocycles. The van der Waals surface area contributed by atoms with Crippen LogP contribution in [0.3, 0.4) is 0 Å². The minimum absolute atomic E-state index is 0.149. The second-order valence-corrected chi connectivity index (χ2v) is 8.00. The number of nitrogens with zero attached hydrogens (tertiary/aromatic N) is 3. The largest absolute Gasteiger partial charge is 0.370 e. The first kappa shape index (κ1) is 22.6. The Morgan fingerprint density at radius 2 is 1.74 bits per heavy atom. The number of aliphatic imine (C=N–C) groups is 1. The monoisotopic (exact) mass is 436 g/mol. The normalized spacial score (nSPS) is 11.2. The number of hydrogen-bond donors (Lipinski definition) is 3. The zero-order valence-corrected chi connectivity index (χ0v) is 18.8. The van der Waals surface area contributed by atoms with E-state index in [4.69, 9.17) is 33.0 Å². The molecule has 31 heavy (non-hydrogen) atoms. The Balaban J connectivity index is 1.76. The van der Waals surface area contributed by atoms with Gasteiger partial charge in [0.05, 0.1) is 5.52 Å². The van der Waals surface area contributed by atoms with Crippen LogP contribution in [0.5, 0.6) is 0 Å². The summed E-state index contributed by atoms with van der Waals surface area (Å²) in [6, 6.07) is 11.9. The summed E-state index contributed by atoms with van der Waals surface area (Å²) in [5.74, 6) is 1.67.